The van der Waals surface area contributed by atoms with Crippen LogP contribution in [0, 0.1) is 6.92 Å². The monoisotopic (exact) mass is 203 g/mol. The summed E-state index contributed by atoms with van der Waals surface area (Å²) < 4.78 is 1.47. The minimum absolute atomic E-state index is 0.0674. The summed E-state index contributed by atoms with van der Waals surface area (Å²) in [4.78, 5) is 10.6. The Labute approximate surface area is 87.2 Å². The number of aliphatic carboxylic acids is 1. The number of fused-ring (bicyclic) bond motifs is 1. The molecule has 1 aromatic carbocycles. The largest absolute Gasteiger partial charge is 0.481 e. The van der Waals surface area contributed by atoms with Crippen molar-refractivity contribution in [2.45, 2.75) is 13.3 Å². The molecule has 1 aromatic rings. The second kappa shape index (κ2) is 3.31. The van der Waals surface area contributed by atoms with Gasteiger partial charge in [0.15, 0.2) is 6.72 Å². The zero-order valence-corrected chi connectivity index (χ0v) is 8.40. The lowest BCUT2D eigenvalue weighted by atomic mass is 10.0. The Balaban J connectivity index is 2.46. The van der Waals surface area contributed by atoms with E-state index in [4.69, 9.17) is 5.11 Å². The minimum atomic E-state index is -0.879. The molecule has 0 atom stereocenters. The highest BCUT2D eigenvalue weighted by molar-refractivity contribution is 6.12. The Morgan fingerprint density at radius 2 is 2.33 bits per heavy atom. The molecule has 0 bridgehead atoms. The molecule has 0 aromatic heterocycles. The van der Waals surface area contributed by atoms with E-state index < -0.39 is 5.97 Å². The maximum Gasteiger partial charge on any atom is 0.309 e. The maximum absolute atomic E-state index is 10.6. The number of carboxylic acids is 1. The molecule has 15 heavy (non-hydrogen) atoms. The Hall–Kier alpha value is -1.97. The number of rotatable bonds is 2. The highest BCUT2D eigenvalue weighted by Gasteiger charge is 2.28. The Bertz CT molecular complexity index is 489. The summed E-state index contributed by atoms with van der Waals surface area (Å²) in [6.45, 7) is 5.71. The molecular formula is C11H11N2O2+. The van der Waals surface area contributed by atoms with E-state index in [0.29, 0.717) is 5.71 Å². The third-order valence-corrected chi connectivity index (χ3v) is 2.30. The van der Waals surface area contributed by atoms with Crippen molar-refractivity contribution in [2.24, 2.45) is 5.10 Å². The van der Waals surface area contributed by atoms with Gasteiger partial charge in [0.1, 0.15) is 5.71 Å². The van der Waals surface area contributed by atoms with E-state index in [0.717, 1.165) is 16.8 Å². The highest BCUT2D eigenvalue weighted by atomic mass is 16.4. The Morgan fingerprint density at radius 1 is 1.60 bits per heavy atom. The highest BCUT2D eigenvalue weighted by Crippen LogP contribution is 2.27. The summed E-state index contributed by atoms with van der Waals surface area (Å²) in [6.07, 6.45) is -0.0674. The van der Waals surface area contributed by atoms with Crippen molar-refractivity contribution in [1.82, 2.24) is 0 Å². The predicted octanol–water partition coefficient (Wildman–Crippen LogP) is 1.53. The van der Waals surface area contributed by atoms with Crippen molar-refractivity contribution in [2.75, 3.05) is 0 Å². The first-order valence-corrected chi connectivity index (χ1v) is 4.59. The van der Waals surface area contributed by atoms with Gasteiger partial charge in [0.2, 0.25) is 5.69 Å². The van der Waals surface area contributed by atoms with Crippen LogP contribution in [0.2, 0.25) is 0 Å². The standard InChI is InChI=1S/C11H10N2O2/c1-7-3-4-8-9(6-11(14)15)12-13(2)10(8)5-7/h3-5H,2,6H2,1H3/p+1. The second-order valence-electron chi connectivity index (χ2n) is 3.54. The van der Waals surface area contributed by atoms with E-state index in [-0.39, 0.29) is 6.42 Å². The van der Waals surface area contributed by atoms with Crippen LogP contribution in [0.3, 0.4) is 0 Å². The first-order chi connectivity index (χ1) is 7.08. The van der Waals surface area contributed by atoms with E-state index in [9.17, 15) is 4.79 Å². The molecule has 4 nitrogen and oxygen atoms in total. The van der Waals surface area contributed by atoms with E-state index in [1.807, 2.05) is 25.1 Å². The van der Waals surface area contributed by atoms with Gasteiger partial charge in [0.25, 0.3) is 0 Å². The van der Waals surface area contributed by atoms with Gasteiger partial charge in [-0.05, 0) is 18.6 Å². The molecule has 0 aliphatic carbocycles. The van der Waals surface area contributed by atoms with Crippen LogP contribution in [0.5, 0.6) is 0 Å². The number of carboxylic acid groups (broad SMARTS) is 1. The van der Waals surface area contributed by atoms with Crippen LogP contribution >= 0.6 is 0 Å². The lowest BCUT2D eigenvalue weighted by Gasteiger charge is -1.95. The van der Waals surface area contributed by atoms with E-state index in [1.54, 1.807) is 0 Å². The van der Waals surface area contributed by atoms with Crippen LogP contribution < -0.4 is 0 Å². The van der Waals surface area contributed by atoms with Gasteiger partial charge in [0, 0.05) is 11.2 Å². The number of hydrogen-bond acceptors (Lipinski definition) is 2. The van der Waals surface area contributed by atoms with Crippen LogP contribution in [0.1, 0.15) is 17.5 Å². The van der Waals surface area contributed by atoms with Crippen LogP contribution in [-0.4, -0.2) is 28.2 Å². The SMILES string of the molecule is C=[N+]1N=C(CC(=O)O)c2ccc(C)cc21. The third-order valence-electron chi connectivity index (χ3n) is 2.30. The number of carbonyl (C=O) groups is 1. The fourth-order valence-electron chi connectivity index (χ4n) is 1.63. The predicted molar refractivity (Wildman–Crippen MR) is 57.0 cm³/mol. The Morgan fingerprint density at radius 3 is 3.00 bits per heavy atom. The first-order valence-electron chi connectivity index (χ1n) is 4.59. The quantitative estimate of drug-likeness (QED) is 0.741. The molecule has 1 aliphatic rings. The molecule has 0 spiro atoms. The van der Waals surface area contributed by atoms with E-state index >= 15 is 0 Å². The Kier molecular flexibility index (Phi) is 2.11. The second-order valence-corrected chi connectivity index (χ2v) is 3.54. The van der Waals surface area contributed by atoms with E-state index in [2.05, 4.69) is 11.8 Å². The summed E-state index contributed by atoms with van der Waals surface area (Å²) in [5.74, 6) is -0.879. The van der Waals surface area contributed by atoms with Gasteiger partial charge in [-0.15, -0.1) is 0 Å². The normalized spacial score (nSPS) is 13.7. The molecule has 0 saturated carbocycles. The molecule has 0 saturated heterocycles. The summed E-state index contributed by atoms with van der Waals surface area (Å²) >= 11 is 0. The molecule has 0 amide bonds. The van der Waals surface area contributed by atoms with Crippen molar-refractivity contribution in [3.8, 4) is 0 Å². The average Bonchev–Trinajstić information content (AvgIpc) is 2.42. The van der Waals surface area contributed by atoms with Crippen molar-refractivity contribution in [1.29, 1.82) is 0 Å². The summed E-state index contributed by atoms with van der Waals surface area (Å²) in [5, 5.41) is 12.8. The molecule has 2 rings (SSSR count). The molecular weight excluding hydrogens is 192 g/mol. The van der Waals surface area contributed by atoms with Crippen LogP contribution in [-0.2, 0) is 4.79 Å². The van der Waals surface area contributed by atoms with Crippen molar-refractivity contribution in [3.63, 3.8) is 0 Å². The lowest BCUT2D eigenvalue weighted by molar-refractivity contribution is -0.431. The molecule has 0 fully saturated rings. The molecule has 4 heteroatoms. The van der Waals surface area contributed by atoms with Crippen molar-refractivity contribution >= 4 is 24.1 Å². The number of nitrogens with zero attached hydrogens (tertiary/aromatic N) is 2. The summed E-state index contributed by atoms with van der Waals surface area (Å²) in [6, 6.07) is 5.77. The van der Waals surface area contributed by atoms with E-state index in [1.165, 1.54) is 4.68 Å². The molecule has 76 valence electrons. The maximum atomic E-state index is 10.6. The van der Waals surface area contributed by atoms with Gasteiger partial charge in [-0.1, -0.05) is 10.8 Å². The molecule has 0 unspecified atom stereocenters. The van der Waals surface area contributed by atoms with Gasteiger partial charge in [-0.2, -0.15) is 0 Å². The number of benzene rings is 1. The smallest absolute Gasteiger partial charge is 0.309 e. The molecule has 1 heterocycles. The topological polar surface area (TPSA) is 52.7 Å². The fourth-order valence-corrected chi connectivity index (χ4v) is 1.63. The van der Waals surface area contributed by atoms with Gasteiger partial charge < -0.3 is 5.11 Å². The average molecular weight is 203 g/mol. The van der Waals surface area contributed by atoms with Gasteiger partial charge in [-0.25, -0.2) is 0 Å². The first kappa shape index (κ1) is 9.58. The number of hydrazone groups is 1. The number of hydrogen-bond donors (Lipinski definition) is 1. The van der Waals surface area contributed by atoms with Gasteiger partial charge >= 0.3 is 5.97 Å². The van der Waals surface area contributed by atoms with Gasteiger partial charge in [0.05, 0.1) is 12.0 Å². The molecule has 1 N–H and O–H groups in total. The van der Waals surface area contributed by atoms with Crippen LogP contribution in [0.15, 0.2) is 23.3 Å². The minimum Gasteiger partial charge on any atom is -0.481 e. The summed E-state index contributed by atoms with van der Waals surface area (Å²) in [7, 11) is 0. The van der Waals surface area contributed by atoms with Crippen molar-refractivity contribution in [3.05, 3.63) is 29.3 Å². The zero-order chi connectivity index (χ0) is 11.0. The van der Waals surface area contributed by atoms with Gasteiger partial charge in [-0.3, -0.25) is 4.79 Å². The molecule has 1 aliphatic heterocycles. The van der Waals surface area contributed by atoms with Crippen LogP contribution in [0.25, 0.3) is 0 Å². The third kappa shape index (κ3) is 1.66. The van der Waals surface area contributed by atoms with Crippen LogP contribution in [0.4, 0.5) is 5.69 Å². The zero-order valence-electron chi connectivity index (χ0n) is 8.40. The number of aryl methyl sites for hydroxylation is 1. The summed E-state index contributed by atoms with van der Waals surface area (Å²) in [5.41, 5.74) is 3.39. The molecule has 0 radical (unpaired) electrons. The fraction of sp³-hybridized carbons (Fsp3) is 0.182. The van der Waals surface area contributed by atoms with Crippen molar-refractivity contribution < 1.29 is 14.6 Å². The lowest BCUT2D eigenvalue weighted by Crippen LogP contribution is -2.05.